The number of hydrogen-bond acceptors (Lipinski definition) is 5. The number of anilines is 1. The minimum Gasteiger partial charge on any atom is -0.492 e. The first-order valence-electron chi connectivity index (χ1n) is 14.2. The second-order valence-corrected chi connectivity index (χ2v) is 12.0. The van der Waals surface area contributed by atoms with Gasteiger partial charge in [0.1, 0.15) is 24.2 Å². The minimum absolute atomic E-state index is 0.0185. The standard InChI is InChI=1S/C34H36FN3O5S/c1-4-43-32-17-11-10-16-30(32)38(44(41,42)28-20-18-25(2)19-21-28)24-33(39)37(23-27-14-8-9-15-29(27)35)31(34(40)36-3)22-26-12-6-5-7-13-26/h5-21,31H,4,22-24H2,1-3H3,(H,36,40)/t31-/m1/s1. The number of para-hydroxylation sites is 2. The van der Waals surface area contributed by atoms with Crippen LogP contribution in [0.3, 0.4) is 0 Å². The van der Waals surface area contributed by atoms with Crippen LogP contribution in [0.25, 0.3) is 0 Å². The largest absolute Gasteiger partial charge is 0.492 e. The number of hydrogen-bond donors (Lipinski definition) is 1. The predicted octanol–water partition coefficient (Wildman–Crippen LogP) is 5.11. The molecule has 230 valence electrons. The van der Waals surface area contributed by atoms with Gasteiger partial charge in [-0.25, -0.2) is 12.8 Å². The molecule has 0 unspecified atom stereocenters. The lowest BCUT2D eigenvalue weighted by molar-refractivity contribution is -0.139. The monoisotopic (exact) mass is 617 g/mol. The predicted molar refractivity (Wildman–Crippen MR) is 168 cm³/mol. The van der Waals surface area contributed by atoms with E-state index >= 15 is 0 Å². The van der Waals surface area contributed by atoms with Crippen molar-refractivity contribution in [3.8, 4) is 5.75 Å². The first-order chi connectivity index (χ1) is 21.1. The number of amides is 2. The normalized spacial score (nSPS) is 11.8. The van der Waals surface area contributed by atoms with Crippen molar-refractivity contribution in [1.82, 2.24) is 10.2 Å². The Morgan fingerprint density at radius 2 is 1.52 bits per heavy atom. The Balaban J connectivity index is 1.83. The van der Waals surface area contributed by atoms with Crippen molar-refractivity contribution >= 4 is 27.5 Å². The molecule has 4 rings (SSSR count). The van der Waals surface area contributed by atoms with E-state index < -0.39 is 40.2 Å². The molecule has 0 heterocycles. The van der Waals surface area contributed by atoms with Crippen molar-refractivity contribution in [3.05, 3.63) is 126 Å². The van der Waals surface area contributed by atoms with E-state index in [1.165, 1.54) is 42.3 Å². The van der Waals surface area contributed by atoms with Crippen molar-refractivity contribution in [2.24, 2.45) is 0 Å². The highest BCUT2D eigenvalue weighted by Gasteiger charge is 2.35. The summed E-state index contributed by atoms with van der Waals surface area (Å²) < 4.78 is 50.0. The number of nitrogens with one attached hydrogen (secondary N) is 1. The molecule has 0 aromatic heterocycles. The summed E-state index contributed by atoms with van der Waals surface area (Å²) >= 11 is 0. The van der Waals surface area contributed by atoms with Gasteiger partial charge in [-0.1, -0.05) is 78.4 Å². The highest BCUT2D eigenvalue weighted by atomic mass is 32.2. The summed E-state index contributed by atoms with van der Waals surface area (Å²) in [6, 6.07) is 26.9. The lowest BCUT2D eigenvalue weighted by Gasteiger charge is -2.34. The number of aryl methyl sites for hydroxylation is 1. The molecule has 0 saturated heterocycles. The van der Waals surface area contributed by atoms with Crippen molar-refractivity contribution in [3.63, 3.8) is 0 Å². The fraction of sp³-hybridized carbons (Fsp3) is 0.235. The number of carbonyl (C=O) groups excluding carboxylic acids is 2. The van der Waals surface area contributed by atoms with Gasteiger partial charge in [0, 0.05) is 25.6 Å². The summed E-state index contributed by atoms with van der Waals surface area (Å²) in [5.74, 6) is -1.45. The van der Waals surface area contributed by atoms with Crippen LogP contribution in [0, 0.1) is 12.7 Å². The maximum atomic E-state index is 14.9. The average Bonchev–Trinajstić information content (AvgIpc) is 3.03. The number of ether oxygens (including phenoxy) is 1. The van der Waals surface area contributed by atoms with E-state index in [2.05, 4.69) is 5.32 Å². The molecule has 44 heavy (non-hydrogen) atoms. The highest BCUT2D eigenvalue weighted by Crippen LogP contribution is 2.33. The van der Waals surface area contributed by atoms with Gasteiger partial charge in [0.25, 0.3) is 10.0 Å². The third-order valence-corrected chi connectivity index (χ3v) is 8.91. The number of rotatable bonds is 13. The molecule has 0 saturated carbocycles. The Morgan fingerprint density at radius 1 is 0.886 bits per heavy atom. The molecule has 0 aliphatic rings. The molecule has 1 N–H and O–H groups in total. The van der Waals surface area contributed by atoms with Gasteiger partial charge in [0.05, 0.1) is 17.2 Å². The molecule has 0 spiro atoms. The highest BCUT2D eigenvalue weighted by molar-refractivity contribution is 7.92. The van der Waals surface area contributed by atoms with E-state index in [0.29, 0.717) is 0 Å². The van der Waals surface area contributed by atoms with Crippen LogP contribution in [-0.2, 0) is 32.6 Å². The number of halogens is 1. The Bertz CT molecular complexity index is 1680. The van der Waals surface area contributed by atoms with E-state index in [-0.39, 0.29) is 41.5 Å². The zero-order valence-corrected chi connectivity index (χ0v) is 25.8. The first kappa shape index (κ1) is 32.2. The molecule has 0 fully saturated rings. The van der Waals surface area contributed by atoms with Gasteiger partial charge in [-0.15, -0.1) is 0 Å². The number of nitrogens with zero attached hydrogens (tertiary/aromatic N) is 2. The Kier molecular flexibility index (Phi) is 10.7. The molecule has 0 bridgehead atoms. The molecule has 4 aromatic carbocycles. The van der Waals surface area contributed by atoms with Crippen LogP contribution in [0.1, 0.15) is 23.6 Å². The van der Waals surface area contributed by atoms with Gasteiger partial charge in [-0.2, -0.15) is 0 Å². The topological polar surface area (TPSA) is 96.0 Å². The molecular weight excluding hydrogens is 581 g/mol. The fourth-order valence-electron chi connectivity index (χ4n) is 4.82. The summed E-state index contributed by atoms with van der Waals surface area (Å²) in [6.07, 6.45) is 0.126. The fourth-order valence-corrected chi connectivity index (χ4v) is 6.25. The van der Waals surface area contributed by atoms with Crippen molar-refractivity contribution < 1.29 is 27.1 Å². The van der Waals surface area contributed by atoms with E-state index in [1.54, 1.807) is 49.4 Å². The molecular formula is C34H36FN3O5S. The smallest absolute Gasteiger partial charge is 0.264 e. The van der Waals surface area contributed by atoms with Crippen LogP contribution in [-0.4, -0.2) is 51.4 Å². The van der Waals surface area contributed by atoms with E-state index in [1.807, 2.05) is 37.3 Å². The summed E-state index contributed by atoms with van der Waals surface area (Å²) in [6.45, 7) is 2.94. The van der Waals surface area contributed by atoms with Crippen LogP contribution in [0.2, 0.25) is 0 Å². The van der Waals surface area contributed by atoms with Crippen LogP contribution in [0.15, 0.2) is 108 Å². The zero-order chi connectivity index (χ0) is 31.7. The van der Waals surface area contributed by atoms with Crippen molar-refractivity contribution in [2.75, 3.05) is 24.5 Å². The van der Waals surface area contributed by atoms with Gasteiger partial charge >= 0.3 is 0 Å². The third kappa shape index (κ3) is 7.62. The van der Waals surface area contributed by atoms with E-state index in [9.17, 15) is 22.4 Å². The second kappa shape index (κ2) is 14.7. The van der Waals surface area contributed by atoms with Crippen LogP contribution < -0.4 is 14.4 Å². The number of sulfonamides is 1. The van der Waals surface area contributed by atoms with Crippen molar-refractivity contribution in [2.45, 2.75) is 37.8 Å². The molecule has 0 radical (unpaired) electrons. The molecule has 4 aromatic rings. The summed E-state index contributed by atoms with van der Waals surface area (Å²) in [5.41, 5.74) is 1.99. The third-order valence-electron chi connectivity index (χ3n) is 7.14. The molecule has 8 nitrogen and oxygen atoms in total. The van der Waals surface area contributed by atoms with Crippen LogP contribution in [0.5, 0.6) is 5.75 Å². The van der Waals surface area contributed by atoms with Crippen LogP contribution >= 0.6 is 0 Å². The maximum absolute atomic E-state index is 14.9. The minimum atomic E-state index is -4.30. The number of carbonyl (C=O) groups is 2. The van der Waals surface area contributed by atoms with Gasteiger partial charge in [0.2, 0.25) is 11.8 Å². The van der Waals surface area contributed by atoms with Crippen LogP contribution in [0.4, 0.5) is 10.1 Å². The van der Waals surface area contributed by atoms with E-state index in [4.69, 9.17) is 4.74 Å². The lowest BCUT2D eigenvalue weighted by atomic mass is 10.0. The quantitative estimate of drug-likeness (QED) is 0.225. The first-order valence-corrected chi connectivity index (χ1v) is 15.7. The zero-order valence-electron chi connectivity index (χ0n) is 24.9. The van der Waals surface area contributed by atoms with Gasteiger partial charge in [-0.3, -0.25) is 13.9 Å². The summed E-state index contributed by atoms with van der Waals surface area (Å²) in [4.78, 5) is 28.9. The summed E-state index contributed by atoms with van der Waals surface area (Å²) in [7, 11) is -2.84. The molecule has 10 heteroatoms. The molecule has 0 aliphatic carbocycles. The van der Waals surface area contributed by atoms with Gasteiger partial charge < -0.3 is 15.0 Å². The Morgan fingerprint density at radius 3 is 2.18 bits per heavy atom. The number of benzene rings is 4. The second-order valence-electron chi connectivity index (χ2n) is 10.2. The van der Waals surface area contributed by atoms with Crippen molar-refractivity contribution in [1.29, 1.82) is 0 Å². The van der Waals surface area contributed by atoms with E-state index in [0.717, 1.165) is 15.4 Å². The molecule has 0 aliphatic heterocycles. The average molecular weight is 618 g/mol. The molecule has 2 amide bonds. The maximum Gasteiger partial charge on any atom is 0.264 e. The van der Waals surface area contributed by atoms with Gasteiger partial charge in [0.15, 0.2) is 0 Å². The summed E-state index contributed by atoms with van der Waals surface area (Å²) in [5, 5.41) is 2.61. The Labute approximate surface area is 258 Å². The number of likely N-dealkylation sites (N-methyl/N-ethyl adjacent to an activating group) is 1. The Hall–Kier alpha value is -4.70. The SMILES string of the molecule is CCOc1ccccc1N(CC(=O)N(Cc1ccccc1F)[C@H](Cc1ccccc1)C(=O)NC)S(=O)(=O)c1ccc(C)cc1. The molecule has 1 atom stereocenters. The van der Waals surface area contributed by atoms with Gasteiger partial charge in [-0.05, 0) is 49.7 Å². The lowest BCUT2D eigenvalue weighted by Crippen LogP contribution is -2.53.